The van der Waals surface area contributed by atoms with Crippen molar-refractivity contribution >= 4 is 39.5 Å². The van der Waals surface area contributed by atoms with Gasteiger partial charge in [-0.3, -0.25) is 37.3 Å². The van der Waals surface area contributed by atoms with Gasteiger partial charge in [-0.1, -0.05) is 375 Å². The van der Waals surface area contributed by atoms with Crippen molar-refractivity contribution in [2.45, 2.75) is 445 Å². The number of ether oxygens (including phenoxy) is 4. The van der Waals surface area contributed by atoms with Crippen LogP contribution in [0.25, 0.3) is 0 Å². The molecule has 17 nitrogen and oxygen atoms in total. The zero-order valence-corrected chi connectivity index (χ0v) is 66.4. The molecule has 19 heteroatoms. The lowest BCUT2D eigenvalue weighted by atomic mass is 10.0. The predicted molar refractivity (Wildman–Crippen MR) is 405 cm³/mol. The molecule has 588 valence electrons. The van der Waals surface area contributed by atoms with Crippen molar-refractivity contribution < 1.29 is 80.2 Å². The van der Waals surface area contributed by atoms with Crippen molar-refractivity contribution in [1.29, 1.82) is 0 Å². The first-order chi connectivity index (χ1) is 48.0. The Hall–Kier alpha value is -1.94. The van der Waals surface area contributed by atoms with Crippen LogP contribution in [-0.4, -0.2) is 96.7 Å². The molecule has 0 heterocycles. The highest BCUT2D eigenvalue weighted by Gasteiger charge is 2.30. The van der Waals surface area contributed by atoms with E-state index < -0.39 is 97.5 Å². The number of rotatable bonds is 80. The van der Waals surface area contributed by atoms with E-state index >= 15 is 0 Å². The molecule has 0 radical (unpaired) electrons. The predicted octanol–water partition coefficient (Wildman–Crippen LogP) is 24.0. The first-order valence-electron chi connectivity index (χ1n) is 41.6. The highest BCUT2D eigenvalue weighted by Crippen LogP contribution is 2.45. The van der Waals surface area contributed by atoms with Gasteiger partial charge in [-0.05, 0) is 31.6 Å². The lowest BCUT2D eigenvalue weighted by Gasteiger charge is -2.21. The molecule has 0 aromatic rings. The van der Waals surface area contributed by atoms with Crippen LogP contribution in [0.1, 0.15) is 426 Å². The third-order valence-corrected chi connectivity index (χ3v) is 20.7. The van der Waals surface area contributed by atoms with Crippen LogP contribution in [0, 0.1) is 5.92 Å². The van der Waals surface area contributed by atoms with Gasteiger partial charge in [-0.15, -0.1) is 0 Å². The largest absolute Gasteiger partial charge is 0.472 e. The summed E-state index contributed by atoms with van der Waals surface area (Å²) >= 11 is 0. The summed E-state index contributed by atoms with van der Waals surface area (Å²) in [6, 6.07) is 0. The van der Waals surface area contributed by atoms with Gasteiger partial charge in [-0.2, -0.15) is 0 Å². The van der Waals surface area contributed by atoms with E-state index in [2.05, 4.69) is 34.6 Å². The topological polar surface area (TPSA) is 237 Å². The molecule has 0 rings (SSSR count). The third kappa shape index (κ3) is 74.1. The van der Waals surface area contributed by atoms with Crippen molar-refractivity contribution in [3.63, 3.8) is 0 Å². The Morgan fingerprint density at radius 3 is 0.687 bits per heavy atom. The number of phosphoric ester groups is 2. The molecule has 0 aliphatic carbocycles. The van der Waals surface area contributed by atoms with E-state index in [0.29, 0.717) is 25.7 Å². The fraction of sp³-hybridized carbons (Fsp3) is 0.950. The third-order valence-electron chi connectivity index (χ3n) is 18.8. The second-order valence-electron chi connectivity index (χ2n) is 29.3. The van der Waals surface area contributed by atoms with E-state index in [0.717, 1.165) is 95.8 Å². The van der Waals surface area contributed by atoms with Crippen LogP contribution in [0.15, 0.2) is 0 Å². The molecule has 0 aromatic carbocycles. The molecule has 0 saturated carbocycles. The second kappa shape index (κ2) is 73.0. The van der Waals surface area contributed by atoms with Gasteiger partial charge in [0.1, 0.15) is 19.3 Å². The van der Waals surface area contributed by atoms with E-state index in [1.54, 1.807) is 0 Å². The molecule has 2 unspecified atom stereocenters. The standard InChI is InChI=1S/C80H156O17P2/c1-6-9-12-15-18-21-23-25-27-28-29-30-31-37-41-46-51-56-61-66-80(85)97-76(70-91-78(83)64-59-54-49-44-39-36-33-32-34-38-43-47-52-57-62-73(4)5)72-95-99(88,89)93-68-74(81)67-92-98(86,87)94-71-75(69-90-77(82)63-58-53-48-42-20-17-14-11-8-3)96-79(84)65-60-55-50-45-40-35-26-24-22-19-16-13-10-7-2/h73-76,81H,6-72H2,1-5H3,(H,86,87)(H,88,89)/t74-,75+,76+/m0/s1. The van der Waals surface area contributed by atoms with Crippen molar-refractivity contribution in [3.05, 3.63) is 0 Å². The number of phosphoric acid groups is 2. The summed E-state index contributed by atoms with van der Waals surface area (Å²) in [6.45, 7) is 7.34. The fourth-order valence-corrected chi connectivity index (χ4v) is 14.0. The molecule has 99 heavy (non-hydrogen) atoms. The lowest BCUT2D eigenvalue weighted by Crippen LogP contribution is -2.30. The zero-order valence-electron chi connectivity index (χ0n) is 64.6. The summed E-state index contributed by atoms with van der Waals surface area (Å²) in [4.78, 5) is 72.9. The van der Waals surface area contributed by atoms with Crippen LogP contribution in [0.3, 0.4) is 0 Å². The first kappa shape index (κ1) is 97.1. The van der Waals surface area contributed by atoms with Crippen LogP contribution in [0.2, 0.25) is 0 Å². The van der Waals surface area contributed by atoms with E-state index in [-0.39, 0.29) is 25.7 Å². The summed E-state index contributed by atoms with van der Waals surface area (Å²) < 4.78 is 68.7. The minimum absolute atomic E-state index is 0.108. The zero-order chi connectivity index (χ0) is 72.7. The van der Waals surface area contributed by atoms with Crippen LogP contribution >= 0.6 is 15.6 Å². The highest BCUT2D eigenvalue weighted by molar-refractivity contribution is 7.47. The van der Waals surface area contributed by atoms with Crippen molar-refractivity contribution in [2.75, 3.05) is 39.6 Å². The van der Waals surface area contributed by atoms with Gasteiger partial charge in [0.2, 0.25) is 0 Å². The molecule has 0 aliphatic rings. The number of aliphatic hydroxyl groups excluding tert-OH is 1. The Bertz CT molecular complexity index is 1890. The van der Waals surface area contributed by atoms with Crippen molar-refractivity contribution in [3.8, 4) is 0 Å². The maximum absolute atomic E-state index is 13.1. The van der Waals surface area contributed by atoms with Gasteiger partial charge >= 0.3 is 39.5 Å². The van der Waals surface area contributed by atoms with Crippen molar-refractivity contribution in [2.24, 2.45) is 5.92 Å². The molecule has 0 aliphatic heterocycles. The maximum Gasteiger partial charge on any atom is 0.472 e. The summed E-state index contributed by atoms with van der Waals surface area (Å²) in [7, 11) is -9.91. The Kier molecular flexibility index (Phi) is 71.6. The smallest absolute Gasteiger partial charge is 0.462 e. The minimum atomic E-state index is -4.96. The number of esters is 4. The molecule has 3 N–H and O–H groups in total. The summed E-state index contributed by atoms with van der Waals surface area (Å²) in [6.07, 6.45) is 63.8. The summed E-state index contributed by atoms with van der Waals surface area (Å²) in [5, 5.41) is 10.6. The molecular formula is C80H156O17P2. The molecular weight excluding hydrogens is 1290 g/mol. The van der Waals surface area contributed by atoms with Gasteiger partial charge in [0.05, 0.1) is 26.4 Å². The van der Waals surface area contributed by atoms with Gasteiger partial charge < -0.3 is 33.8 Å². The number of carbonyl (C=O) groups is 4. The average Bonchev–Trinajstić information content (AvgIpc) is 1.11. The Morgan fingerprint density at radius 2 is 0.465 bits per heavy atom. The van der Waals surface area contributed by atoms with Gasteiger partial charge in [0.25, 0.3) is 0 Å². The first-order valence-corrected chi connectivity index (χ1v) is 44.6. The summed E-state index contributed by atoms with van der Waals surface area (Å²) in [5.41, 5.74) is 0. The number of unbranched alkanes of at least 4 members (excludes halogenated alkanes) is 52. The SMILES string of the molecule is CCCCCCCCCCCCCCCCCCCCCC(=O)O[C@H](COC(=O)CCCCCCCCCCCCCCCCC(C)C)COP(=O)(O)OC[C@@H](O)COP(=O)(O)OC[C@@H](COC(=O)CCCCCCCCCCC)OC(=O)CCCCCCCCCCCCCCCC. The minimum Gasteiger partial charge on any atom is -0.462 e. The molecule has 0 saturated heterocycles. The molecule has 0 bridgehead atoms. The quantitative estimate of drug-likeness (QED) is 0.0222. The number of hydrogen-bond donors (Lipinski definition) is 3. The van der Waals surface area contributed by atoms with Crippen LogP contribution in [0.5, 0.6) is 0 Å². The molecule has 0 amide bonds. The van der Waals surface area contributed by atoms with Gasteiger partial charge in [0.15, 0.2) is 12.2 Å². The van der Waals surface area contributed by atoms with E-state index in [1.165, 1.54) is 250 Å². The van der Waals surface area contributed by atoms with Gasteiger partial charge in [-0.25, -0.2) is 9.13 Å². The molecule has 0 fully saturated rings. The van der Waals surface area contributed by atoms with E-state index in [1.807, 2.05) is 0 Å². The maximum atomic E-state index is 13.1. The molecule has 0 spiro atoms. The van der Waals surface area contributed by atoms with E-state index in [9.17, 15) is 43.2 Å². The monoisotopic (exact) mass is 1450 g/mol. The molecule has 5 atom stereocenters. The van der Waals surface area contributed by atoms with Crippen molar-refractivity contribution in [1.82, 2.24) is 0 Å². The number of aliphatic hydroxyl groups is 1. The summed E-state index contributed by atoms with van der Waals surface area (Å²) in [5.74, 6) is -1.31. The molecule has 0 aromatic heterocycles. The number of hydrogen-bond acceptors (Lipinski definition) is 15. The van der Waals surface area contributed by atoms with Gasteiger partial charge in [0, 0.05) is 25.7 Å². The number of carbonyl (C=O) groups excluding carboxylic acids is 4. The van der Waals surface area contributed by atoms with Crippen LogP contribution in [0.4, 0.5) is 0 Å². The lowest BCUT2D eigenvalue weighted by molar-refractivity contribution is -0.161. The Labute approximate surface area is 607 Å². The second-order valence-corrected chi connectivity index (χ2v) is 32.2. The Balaban J connectivity index is 5.22. The Morgan fingerprint density at radius 1 is 0.273 bits per heavy atom. The van der Waals surface area contributed by atoms with Crippen LogP contribution < -0.4 is 0 Å². The highest BCUT2D eigenvalue weighted by atomic mass is 31.2. The van der Waals surface area contributed by atoms with E-state index in [4.69, 9.17) is 37.0 Å². The fourth-order valence-electron chi connectivity index (χ4n) is 12.4. The normalized spacial score (nSPS) is 13.9. The van der Waals surface area contributed by atoms with Crippen LogP contribution in [-0.2, 0) is 65.4 Å². The average molecular weight is 1450 g/mol.